The third kappa shape index (κ3) is 4.11. The molecule has 3 aliphatic rings. The van der Waals surface area contributed by atoms with E-state index in [0.717, 1.165) is 13.0 Å². The maximum Gasteiger partial charge on any atom is 0.410 e. The third-order valence-corrected chi connectivity index (χ3v) is 13.6. The zero-order valence-corrected chi connectivity index (χ0v) is 23.8. The second-order valence-electron chi connectivity index (χ2n) is 13.0. The Kier molecular flexibility index (Phi) is 6.37. The first-order valence-corrected chi connectivity index (χ1v) is 15.4. The fraction of sp³-hybridized carbons (Fsp3) is 0.567. The highest BCUT2D eigenvalue weighted by Gasteiger charge is 2.64. The highest BCUT2D eigenvalue weighted by Crippen LogP contribution is 2.49. The Morgan fingerprint density at radius 2 is 1.50 bits per heavy atom. The van der Waals surface area contributed by atoms with Crippen molar-refractivity contribution in [3.8, 4) is 0 Å². The Morgan fingerprint density at radius 3 is 2.00 bits per heavy atom. The van der Waals surface area contributed by atoms with Gasteiger partial charge in [-0.2, -0.15) is 0 Å². The van der Waals surface area contributed by atoms with Gasteiger partial charge in [0.1, 0.15) is 5.60 Å². The lowest BCUT2D eigenvalue weighted by Crippen LogP contribution is -2.69. The number of benzene rings is 2. The predicted molar refractivity (Wildman–Crippen MR) is 147 cm³/mol. The van der Waals surface area contributed by atoms with E-state index in [1.165, 1.54) is 10.4 Å². The zero-order chi connectivity index (χ0) is 25.9. The van der Waals surface area contributed by atoms with E-state index in [0.29, 0.717) is 11.8 Å². The monoisotopic (exact) mass is 506 g/mol. The molecule has 3 aliphatic heterocycles. The highest BCUT2D eigenvalue weighted by molar-refractivity contribution is 6.99. The molecule has 1 amide bonds. The molecule has 5 rings (SSSR count). The first-order valence-electron chi connectivity index (χ1n) is 13.5. The Bertz CT molecular complexity index is 1040. The molecule has 2 aromatic rings. The largest absolute Gasteiger partial charge is 0.444 e. The quantitative estimate of drug-likeness (QED) is 0.619. The number of piperidine rings is 2. The van der Waals surface area contributed by atoms with Gasteiger partial charge < -0.3 is 14.5 Å². The average molecular weight is 507 g/mol. The summed E-state index contributed by atoms with van der Waals surface area (Å²) in [4.78, 5) is 15.6. The number of carbonyl (C=O) groups excluding carboxylic acids is 1. The molecule has 0 saturated carbocycles. The van der Waals surface area contributed by atoms with Crippen LogP contribution in [0.2, 0.25) is 5.04 Å². The van der Waals surface area contributed by atoms with Crippen LogP contribution in [-0.4, -0.2) is 55.7 Å². The van der Waals surface area contributed by atoms with Crippen molar-refractivity contribution in [1.82, 2.24) is 10.2 Å². The van der Waals surface area contributed by atoms with Gasteiger partial charge in [0.05, 0.1) is 24.2 Å². The van der Waals surface area contributed by atoms with Crippen molar-refractivity contribution in [1.29, 1.82) is 0 Å². The van der Waals surface area contributed by atoms with Crippen molar-refractivity contribution in [2.45, 2.75) is 89.8 Å². The van der Waals surface area contributed by atoms with Crippen molar-refractivity contribution >= 4 is 24.8 Å². The molecule has 6 heteroatoms. The second kappa shape index (κ2) is 9.00. The summed E-state index contributed by atoms with van der Waals surface area (Å²) < 4.78 is 13.6. The van der Waals surface area contributed by atoms with Crippen LogP contribution in [-0.2, 0) is 9.16 Å². The van der Waals surface area contributed by atoms with E-state index in [2.05, 4.69) is 93.7 Å². The van der Waals surface area contributed by atoms with E-state index in [9.17, 15) is 4.79 Å². The maximum absolute atomic E-state index is 13.6. The normalized spacial score (nSPS) is 29.9. The molecule has 5 nitrogen and oxygen atoms in total. The highest BCUT2D eigenvalue weighted by atomic mass is 28.4. The summed E-state index contributed by atoms with van der Waals surface area (Å²) in [7, 11) is -2.77. The molecule has 1 N–H and O–H groups in total. The molecule has 6 atom stereocenters. The molecule has 1 unspecified atom stereocenters. The molecule has 0 spiro atoms. The fourth-order valence-corrected chi connectivity index (χ4v) is 11.7. The summed E-state index contributed by atoms with van der Waals surface area (Å²) >= 11 is 0. The number of hydrogen-bond acceptors (Lipinski definition) is 4. The third-order valence-electron chi connectivity index (χ3n) is 8.56. The summed E-state index contributed by atoms with van der Waals surface area (Å²) in [5, 5.41) is 6.25. The van der Waals surface area contributed by atoms with Crippen molar-refractivity contribution in [3.05, 3.63) is 60.7 Å². The molecular formula is C30H42N2O3Si. The maximum atomic E-state index is 13.6. The van der Waals surface area contributed by atoms with Crippen LogP contribution >= 0.6 is 0 Å². The Labute approximate surface area is 217 Å². The molecule has 0 aliphatic carbocycles. The lowest BCUT2D eigenvalue weighted by Gasteiger charge is -2.47. The van der Waals surface area contributed by atoms with Crippen LogP contribution in [0.15, 0.2) is 60.7 Å². The van der Waals surface area contributed by atoms with Crippen molar-refractivity contribution in [3.63, 3.8) is 0 Å². The van der Waals surface area contributed by atoms with Gasteiger partial charge in [-0.25, -0.2) is 4.79 Å². The molecule has 3 bridgehead atoms. The number of nitrogens with one attached hydrogen (secondary N) is 1. The number of amides is 1. The van der Waals surface area contributed by atoms with Crippen LogP contribution in [0.3, 0.4) is 0 Å². The topological polar surface area (TPSA) is 50.8 Å². The van der Waals surface area contributed by atoms with E-state index in [1.54, 1.807) is 0 Å². The average Bonchev–Trinajstić information content (AvgIpc) is 3.02. The van der Waals surface area contributed by atoms with Crippen molar-refractivity contribution < 1.29 is 14.0 Å². The molecular weight excluding hydrogens is 464 g/mol. The summed E-state index contributed by atoms with van der Waals surface area (Å²) in [6.07, 6.45) is 0.705. The number of carbonyl (C=O) groups is 1. The molecule has 0 radical (unpaired) electrons. The molecule has 0 aromatic heterocycles. The molecule has 194 valence electrons. The van der Waals surface area contributed by atoms with Gasteiger partial charge in [-0.3, -0.25) is 4.90 Å². The number of rotatable bonds is 4. The second-order valence-corrected chi connectivity index (χ2v) is 17.2. The standard InChI is InChI=1S/C30H42N2O3Si/c1-20-21-18-24-25(31-19-21)27(26(20)32(24)28(33)34-29(2,3)4)35-36(30(5,6)7,22-14-10-8-11-15-22)23-16-12-9-13-17-23/h8-17,20-21,24-27,31H,18-19H2,1-7H3/t20?,21-,24+,25+,26-,27+/m1/s1. The van der Waals surface area contributed by atoms with E-state index < -0.39 is 13.9 Å². The van der Waals surface area contributed by atoms with Gasteiger partial charge in [0, 0.05) is 0 Å². The minimum absolute atomic E-state index is 0.00903. The number of ether oxygens (including phenoxy) is 1. The fourth-order valence-electron chi connectivity index (χ4n) is 7.02. The summed E-state index contributed by atoms with van der Waals surface area (Å²) in [6, 6.07) is 21.8. The summed E-state index contributed by atoms with van der Waals surface area (Å²) in [5.74, 6) is 0.875. The number of hydrogen-bond donors (Lipinski definition) is 1. The van der Waals surface area contributed by atoms with Gasteiger partial charge in [0.2, 0.25) is 0 Å². The Morgan fingerprint density at radius 1 is 0.944 bits per heavy atom. The smallest absolute Gasteiger partial charge is 0.410 e. The number of nitrogens with zero attached hydrogens (tertiary/aromatic N) is 1. The predicted octanol–water partition coefficient (Wildman–Crippen LogP) is 4.55. The molecule has 2 aromatic carbocycles. The van der Waals surface area contributed by atoms with Crippen LogP contribution in [0, 0.1) is 11.8 Å². The van der Waals surface area contributed by atoms with Gasteiger partial charge >= 0.3 is 6.09 Å². The van der Waals surface area contributed by atoms with E-state index in [-0.39, 0.29) is 35.4 Å². The van der Waals surface area contributed by atoms with Crippen LogP contribution in [0.25, 0.3) is 0 Å². The van der Waals surface area contributed by atoms with Crippen LogP contribution in [0.4, 0.5) is 4.79 Å². The van der Waals surface area contributed by atoms with Gasteiger partial charge in [0.15, 0.2) is 0 Å². The SMILES string of the molecule is CC1[C@H]2CN[C@@H]3[C@H](O[Si](c4ccccc4)(c4ccccc4)C(C)(C)C)[C@@H]1N(C(=O)OC(C)(C)C)[C@H]3C2. The first-order chi connectivity index (χ1) is 16.9. The van der Waals surface area contributed by atoms with Gasteiger partial charge in [0.25, 0.3) is 8.32 Å². The Balaban J connectivity index is 1.63. The minimum atomic E-state index is -2.77. The summed E-state index contributed by atoms with van der Waals surface area (Å²) in [6.45, 7) is 16.1. The minimum Gasteiger partial charge on any atom is -0.444 e. The van der Waals surface area contributed by atoms with Crippen LogP contribution < -0.4 is 15.7 Å². The molecule has 3 fully saturated rings. The van der Waals surface area contributed by atoms with E-state index in [1.807, 2.05) is 25.7 Å². The van der Waals surface area contributed by atoms with E-state index >= 15 is 0 Å². The molecule has 3 saturated heterocycles. The van der Waals surface area contributed by atoms with Crippen molar-refractivity contribution in [2.75, 3.05) is 6.54 Å². The zero-order valence-electron chi connectivity index (χ0n) is 22.8. The van der Waals surface area contributed by atoms with E-state index in [4.69, 9.17) is 9.16 Å². The molecule has 36 heavy (non-hydrogen) atoms. The van der Waals surface area contributed by atoms with Crippen molar-refractivity contribution in [2.24, 2.45) is 11.8 Å². The lowest BCUT2D eigenvalue weighted by atomic mass is 9.80. The Hall–Kier alpha value is -2.15. The van der Waals surface area contributed by atoms with Gasteiger partial charge in [-0.15, -0.1) is 0 Å². The van der Waals surface area contributed by atoms with Crippen LogP contribution in [0.5, 0.6) is 0 Å². The van der Waals surface area contributed by atoms with Crippen LogP contribution in [0.1, 0.15) is 54.9 Å². The molecule has 3 heterocycles. The summed E-state index contributed by atoms with van der Waals surface area (Å²) in [5.41, 5.74) is -0.530. The number of fused-ring (bicyclic) bond motifs is 2. The first kappa shape index (κ1) is 25.5. The van der Waals surface area contributed by atoms with Gasteiger partial charge in [-0.1, -0.05) is 88.4 Å². The van der Waals surface area contributed by atoms with Gasteiger partial charge in [-0.05, 0) is 61.0 Å². The lowest BCUT2D eigenvalue weighted by molar-refractivity contribution is -0.0228.